The molecule has 0 fully saturated rings. The van der Waals surface area contributed by atoms with Crippen LogP contribution in [0.5, 0.6) is 0 Å². The highest BCUT2D eigenvalue weighted by atomic mass is 31.2. The second-order valence-electron chi connectivity index (χ2n) is 26.3. The van der Waals surface area contributed by atoms with Crippen LogP contribution in [0.3, 0.4) is 0 Å². The molecule has 0 aromatic heterocycles. The molecule has 0 N–H and O–H groups in total. The molecule has 10 heteroatoms. The van der Waals surface area contributed by atoms with Gasteiger partial charge in [-0.2, -0.15) is 0 Å². The van der Waals surface area contributed by atoms with Crippen LogP contribution < -0.4 is 4.89 Å². The summed E-state index contributed by atoms with van der Waals surface area (Å²) in [6, 6.07) is 0. The zero-order chi connectivity index (χ0) is 71.1. The Morgan fingerprint density at radius 2 is 0.551 bits per heavy atom. The van der Waals surface area contributed by atoms with Crippen molar-refractivity contribution in [3.05, 3.63) is 207 Å². The van der Waals surface area contributed by atoms with Crippen molar-refractivity contribution in [3.8, 4) is 0 Å². The number of carbonyl (C=O) groups excluding carboxylic acids is 2. The van der Waals surface area contributed by atoms with E-state index in [-0.39, 0.29) is 26.1 Å². The van der Waals surface area contributed by atoms with Gasteiger partial charge in [0, 0.05) is 12.8 Å². The minimum Gasteiger partial charge on any atom is -0.756 e. The van der Waals surface area contributed by atoms with Crippen molar-refractivity contribution in [1.29, 1.82) is 0 Å². The first-order chi connectivity index (χ1) is 48.0. The number of unbranched alkanes of at least 4 members (excludes halogenated alkanes) is 21. The molecule has 0 heterocycles. The lowest BCUT2D eigenvalue weighted by Crippen LogP contribution is -2.37. The van der Waals surface area contributed by atoms with Crippen LogP contribution in [0.15, 0.2) is 207 Å². The zero-order valence-electron chi connectivity index (χ0n) is 62.9. The number of phosphoric acid groups is 1. The SMILES string of the molecule is CC/C=C\C/C=C\C/C=C\C/C=C\C/C=C\C/C=C\C/C=C\C/C=C\C/C=C\C/C=C\C/C=C\C/C=C\CCCCC(=O)OC(COC(=O)CCCCCCCCCCCCCCCCCCCCC/C=C\C/C=C\C/C=C\C/C=C\C/C=C\CC)COP(=O)([O-])OCC[N+](C)(C)C. The molecule has 0 saturated heterocycles. The van der Waals surface area contributed by atoms with E-state index in [1.165, 1.54) is 109 Å². The molecule has 0 aliphatic rings. The Kier molecular flexibility index (Phi) is 71.6. The molecule has 9 nitrogen and oxygen atoms in total. The van der Waals surface area contributed by atoms with Gasteiger partial charge in [-0.3, -0.25) is 14.2 Å². The number of allylic oxidation sites excluding steroid dienone is 34. The maximum atomic E-state index is 12.9. The topological polar surface area (TPSA) is 111 Å². The maximum Gasteiger partial charge on any atom is 0.306 e. The average molecular weight is 1370 g/mol. The van der Waals surface area contributed by atoms with Crippen molar-refractivity contribution in [1.82, 2.24) is 0 Å². The van der Waals surface area contributed by atoms with Gasteiger partial charge >= 0.3 is 11.9 Å². The first kappa shape index (κ1) is 92.6. The van der Waals surface area contributed by atoms with Gasteiger partial charge in [0.15, 0.2) is 6.10 Å². The first-order valence-electron chi connectivity index (χ1n) is 38.8. The van der Waals surface area contributed by atoms with E-state index < -0.39 is 32.5 Å². The number of esters is 2. The molecule has 0 aromatic carbocycles. The summed E-state index contributed by atoms with van der Waals surface area (Å²) in [7, 11) is 1.12. The van der Waals surface area contributed by atoms with Crippen molar-refractivity contribution in [2.75, 3.05) is 47.5 Å². The van der Waals surface area contributed by atoms with Crippen LogP contribution in [0.1, 0.15) is 284 Å². The average Bonchev–Trinajstić information content (AvgIpc) is 1.23. The Morgan fingerprint density at radius 3 is 0.837 bits per heavy atom. The Hall–Kier alpha value is -5.41. The molecule has 0 aliphatic heterocycles. The van der Waals surface area contributed by atoms with Crippen molar-refractivity contribution in [2.45, 2.75) is 290 Å². The fourth-order valence-corrected chi connectivity index (χ4v) is 10.7. The maximum absolute atomic E-state index is 12.9. The second kappa shape index (κ2) is 75.8. The first-order valence-corrected chi connectivity index (χ1v) is 40.3. The van der Waals surface area contributed by atoms with E-state index in [2.05, 4.69) is 220 Å². The summed E-state index contributed by atoms with van der Waals surface area (Å²) in [4.78, 5) is 38.1. The van der Waals surface area contributed by atoms with Crippen molar-refractivity contribution >= 4 is 19.8 Å². The normalized spacial score (nSPS) is 14.2. The van der Waals surface area contributed by atoms with Crippen LogP contribution in [0.4, 0.5) is 0 Å². The number of hydrogen-bond acceptors (Lipinski definition) is 8. The summed E-state index contributed by atoms with van der Waals surface area (Å²) in [5, 5.41) is 0. The lowest BCUT2D eigenvalue weighted by atomic mass is 10.0. The van der Waals surface area contributed by atoms with E-state index in [1.807, 2.05) is 21.1 Å². The van der Waals surface area contributed by atoms with Crippen molar-refractivity contribution < 1.29 is 42.1 Å². The Morgan fingerprint density at radius 1 is 0.316 bits per heavy atom. The van der Waals surface area contributed by atoms with Gasteiger partial charge in [-0.05, 0) is 148 Å². The Balaban J connectivity index is 4.14. The molecule has 0 aromatic rings. The molecule has 0 rings (SSSR count). The molecular formula is C88H142NO8P. The predicted octanol–water partition coefficient (Wildman–Crippen LogP) is 25.5. The van der Waals surface area contributed by atoms with E-state index in [0.29, 0.717) is 17.4 Å². The van der Waals surface area contributed by atoms with Gasteiger partial charge in [0.25, 0.3) is 7.82 Å². The quantitative estimate of drug-likeness (QED) is 0.0195. The smallest absolute Gasteiger partial charge is 0.306 e. The van der Waals surface area contributed by atoms with Gasteiger partial charge in [0.2, 0.25) is 0 Å². The lowest BCUT2D eigenvalue weighted by molar-refractivity contribution is -0.870. The number of phosphoric ester groups is 1. The third-order valence-corrected chi connectivity index (χ3v) is 16.8. The Bertz CT molecular complexity index is 2410. The number of rotatable bonds is 69. The predicted molar refractivity (Wildman–Crippen MR) is 424 cm³/mol. The Labute approximate surface area is 602 Å². The fraction of sp³-hybridized carbons (Fsp3) is 0.591. The summed E-state index contributed by atoms with van der Waals surface area (Å²) in [5.41, 5.74) is 0. The van der Waals surface area contributed by atoms with Crippen LogP contribution >= 0.6 is 7.82 Å². The standard InChI is InChI=1S/C88H142NO8P/c1-6-8-10-12-14-16-18-20-22-24-26-28-30-32-34-36-38-40-42-43-44-45-47-49-51-53-55-57-59-61-63-65-67-69-71-73-75-77-79-81-88(91)97-86(85-96-98(92,93)95-83-82-89(3,4)5)84-94-87(90)80-78-76-74-72-70-68-66-64-62-60-58-56-54-52-50-48-46-41-39-37-35-33-31-29-27-25-23-21-19-17-15-13-11-9-7-2/h8-11,14-17,20-23,26-29,32-35,38,40,43-44,47,49,53,55,59,61,65,67,71,73,86H,6-7,12-13,18-19,24-25,30-31,36-37,39,41-42,45-46,48,50-52,54,56-58,60,62-64,66,68-70,72,74-85H2,1-5H3/b10-8-,11-9-,16-14-,17-15-,22-20-,23-21-,28-26-,29-27-,34-32-,35-33-,40-38-,44-43-,49-47-,55-53-,61-59-,67-65-,73-71-. The number of quaternary nitrogens is 1. The molecule has 0 amide bonds. The number of carbonyl (C=O) groups is 2. The van der Waals surface area contributed by atoms with E-state index in [0.717, 1.165) is 141 Å². The summed E-state index contributed by atoms with van der Waals surface area (Å²) in [6.07, 6.45) is 119. The molecule has 0 radical (unpaired) electrons. The molecular weight excluding hydrogens is 1230 g/mol. The van der Waals surface area contributed by atoms with Crippen LogP contribution in [0.25, 0.3) is 0 Å². The largest absolute Gasteiger partial charge is 0.756 e. The molecule has 552 valence electrons. The molecule has 0 bridgehead atoms. The second-order valence-corrected chi connectivity index (χ2v) is 27.7. The monoisotopic (exact) mass is 1370 g/mol. The fourth-order valence-electron chi connectivity index (χ4n) is 9.96. The third kappa shape index (κ3) is 79.6. The highest BCUT2D eigenvalue weighted by molar-refractivity contribution is 7.45. The summed E-state index contributed by atoms with van der Waals surface area (Å²) in [5.74, 6) is -0.892. The van der Waals surface area contributed by atoms with Crippen LogP contribution in [-0.4, -0.2) is 70.0 Å². The van der Waals surface area contributed by atoms with E-state index in [9.17, 15) is 19.0 Å². The molecule has 0 aliphatic carbocycles. The third-order valence-electron chi connectivity index (χ3n) is 15.8. The molecule has 98 heavy (non-hydrogen) atoms. The van der Waals surface area contributed by atoms with Gasteiger partial charge < -0.3 is 27.9 Å². The van der Waals surface area contributed by atoms with Gasteiger partial charge in [0.05, 0.1) is 27.7 Å². The highest BCUT2D eigenvalue weighted by Gasteiger charge is 2.22. The summed E-state index contributed by atoms with van der Waals surface area (Å²) >= 11 is 0. The van der Waals surface area contributed by atoms with E-state index in [4.69, 9.17) is 18.5 Å². The van der Waals surface area contributed by atoms with Crippen LogP contribution in [0, 0.1) is 0 Å². The summed E-state index contributed by atoms with van der Waals surface area (Å²) in [6.45, 7) is 3.95. The summed E-state index contributed by atoms with van der Waals surface area (Å²) < 4.78 is 34.3. The minimum atomic E-state index is -4.67. The highest BCUT2D eigenvalue weighted by Crippen LogP contribution is 2.38. The van der Waals surface area contributed by atoms with Gasteiger partial charge in [-0.15, -0.1) is 0 Å². The van der Waals surface area contributed by atoms with Crippen LogP contribution in [0.2, 0.25) is 0 Å². The van der Waals surface area contributed by atoms with E-state index >= 15 is 0 Å². The van der Waals surface area contributed by atoms with E-state index in [1.54, 1.807) is 0 Å². The molecule has 0 spiro atoms. The lowest BCUT2D eigenvalue weighted by Gasteiger charge is -2.28. The molecule has 0 saturated carbocycles. The zero-order valence-corrected chi connectivity index (χ0v) is 63.8. The van der Waals surface area contributed by atoms with Crippen LogP contribution in [-0.2, 0) is 32.7 Å². The van der Waals surface area contributed by atoms with Crippen molar-refractivity contribution in [2.24, 2.45) is 0 Å². The van der Waals surface area contributed by atoms with Crippen molar-refractivity contribution in [3.63, 3.8) is 0 Å². The minimum absolute atomic E-state index is 0.0490. The number of nitrogens with zero attached hydrogens (tertiary/aromatic N) is 1. The van der Waals surface area contributed by atoms with Gasteiger partial charge in [-0.25, -0.2) is 0 Å². The number of hydrogen-bond donors (Lipinski definition) is 0. The van der Waals surface area contributed by atoms with Gasteiger partial charge in [-0.1, -0.05) is 330 Å². The number of likely N-dealkylation sites (N-methyl/N-ethyl adjacent to an activating group) is 1. The number of ether oxygens (including phenoxy) is 2. The van der Waals surface area contributed by atoms with Gasteiger partial charge in [0.1, 0.15) is 19.8 Å². The molecule has 2 atom stereocenters. The molecule has 2 unspecified atom stereocenters.